The molecule has 0 amide bonds. The van der Waals surface area contributed by atoms with Crippen LogP contribution in [0.1, 0.15) is 13.3 Å². The molecule has 0 bridgehead atoms. The highest BCUT2D eigenvalue weighted by Gasteiger charge is 2.03. The number of nitrogens with zero attached hydrogens (tertiary/aromatic N) is 2. The fraction of sp³-hybridized carbons (Fsp3) is 0.545. The van der Waals surface area contributed by atoms with Crippen LogP contribution in [0.25, 0.3) is 0 Å². The average Bonchev–Trinajstić information content (AvgIpc) is 2.76. The van der Waals surface area contributed by atoms with Gasteiger partial charge in [-0.25, -0.2) is 0 Å². The zero-order valence-electron chi connectivity index (χ0n) is 9.07. The van der Waals surface area contributed by atoms with E-state index in [4.69, 9.17) is 4.74 Å². The van der Waals surface area contributed by atoms with Crippen LogP contribution in [0.4, 0.5) is 5.69 Å². The molecule has 4 heteroatoms. The Morgan fingerprint density at radius 3 is 3.20 bits per heavy atom. The van der Waals surface area contributed by atoms with E-state index in [-0.39, 0.29) is 0 Å². The van der Waals surface area contributed by atoms with Crippen molar-refractivity contribution in [3.63, 3.8) is 0 Å². The molecule has 4 nitrogen and oxygen atoms in total. The maximum Gasteiger partial charge on any atom is 0.0729 e. The summed E-state index contributed by atoms with van der Waals surface area (Å²) in [5, 5.41) is 7.54. The number of aromatic nitrogens is 2. The first-order valence-corrected chi connectivity index (χ1v) is 5.40. The largest absolute Gasteiger partial charge is 0.379 e. The van der Waals surface area contributed by atoms with Gasteiger partial charge in [-0.3, -0.25) is 4.68 Å². The second-order valence-corrected chi connectivity index (χ2v) is 3.64. The van der Waals surface area contributed by atoms with E-state index in [0.29, 0.717) is 0 Å². The molecule has 1 aromatic rings. The molecule has 0 aromatic carbocycles. The molecule has 0 saturated carbocycles. The van der Waals surface area contributed by atoms with Gasteiger partial charge in [0.05, 0.1) is 25.1 Å². The van der Waals surface area contributed by atoms with E-state index in [1.165, 1.54) is 5.57 Å². The van der Waals surface area contributed by atoms with Crippen molar-refractivity contribution in [2.75, 3.05) is 25.1 Å². The van der Waals surface area contributed by atoms with Crippen molar-refractivity contribution in [3.8, 4) is 0 Å². The second kappa shape index (κ2) is 4.98. The van der Waals surface area contributed by atoms with Crippen LogP contribution in [0.15, 0.2) is 24.0 Å². The minimum Gasteiger partial charge on any atom is -0.379 e. The number of ether oxygens (including phenoxy) is 1. The normalized spacial score (nSPS) is 16.2. The van der Waals surface area contributed by atoms with Gasteiger partial charge in [-0.2, -0.15) is 5.10 Å². The molecule has 0 fully saturated rings. The first-order valence-electron chi connectivity index (χ1n) is 5.40. The molecule has 0 spiro atoms. The summed E-state index contributed by atoms with van der Waals surface area (Å²) < 4.78 is 7.28. The summed E-state index contributed by atoms with van der Waals surface area (Å²) in [7, 11) is 0. The summed E-state index contributed by atoms with van der Waals surface area (Å²) in [6, 6.07) is 0. The molecule has 1 aromatic heterocycles. The summed E-state index contributed by atoms with van der Waals surface area (Å²) in [4.78, 5) is 0. The Bertz CT molecular complexity index is 343. The number of hydrogen-bond donors (Lipinski definition) is 1. The maximum atomic E-state index is 5.37. The Kier molecular flexibility index (Phi) is 3.40. The van der Waals surface area contributed by atoms with Crippen LogP contribution >= 0.6 is 0 Å². The van der Waals surface area contributed by atoms with Crippen LogP contribution in [0.2, 0.25) is 0 Å². The van der Waals surface area contributed by atoms with Gasteiger partial charge in [0.1, 0.15) is 0 Å². The summed E-state index contributed by atoms with van der Waals surface area (Å²) in [5.41, 5.74) is 2.40. The summed E-state index contributed by atoms with van der Waals surface area (Å²) in [6.07, 6.45) is 7.16. The molecule has 1 aliphatic rings. The zero-order chi connectivity index (χ0) is 10.5. The van der Waals surface area contributed by atoms with Gasteiger partial charge in [-0.05, 0) is 18.9 Å². The maximum absolute atomic E-state index is 5.37. The van der Waals surface area contributed by atoms with E-state index in [9.17, 15) is 0 Å². The zero-order valence-corrected chi connectivity index (χ0v) is 9.07. The van der Waals surface area contributed by atoms with Crippen molar-refractivity contribution >= 4 is 5.69 Å². The molecular formula is C11H17N3O. The third kappa shape index (κ3) is 2.83. The quantitative estimate of drug-likeness (QED) is 0.763. The van der Waals surface area contributed by atoms with Crippen LogP contribution < -0.4 is 5.32 Å². The van der Waals surface area contributed by atoms with Crippen molar-refractivity contribution in [3.05, 3.63) is 24.0 Å². The minimum absolute atomic E-state index is 0.759. The number of hydrogen-bond acceptors (Lipinski definition) is 3. The highest BCUT2D eigenvalue weighted by Crippen LogP contribution is 2.09. The minimum atomic E-state index is 0.759. The third-order valence-electron chi connectivity index (χ3n) is 2.46. The van der Waals surface area contributed by atoms with Crippen LogP contribution in [0.5, 0.6) is 0 Å². The fourth-order valence-corrected chi connectivity index (χ4v) is 1.58. The fourth-order valence-electron chi connectivity index (χ4n) is 1.58. The van der Waals surface area contributed by atoms with Crippen LogP contribution in [-0.2, 0) is 11.3 Å². The molecular weight excluding hydrogens is 190 g/mol. The van der Waals surface area contributed by atoms with Gasteiger partial charge in [0.2, 0.25) is 0 Å². The Hall–Kier alpha value is -1.29. The number of rotatable bonds is 4. The van der Waals surface area contributed by atoms with Crippen LogP contribution in [-0.4, -0.2) is 29.5 Å². The summed E-state index contributed by atoms with van der Waals surface area (Å²) in [5.74, 6) is 0. The van der Waals surface area contributed by atoms with Gasteiger partial charge < -0.3 is 10.1 Å². The Balaban J connectivity index is 1.84. The van der Waals surface area contributed by atoms with Crippen molar-refractivity contribution < 1.29 is 4.74 Å². The van der Waals surface area contributed by atoms with E-state index in [0.717, 1.165) is 38.4 Å². The molecule has 0 saturated heterocycles. The first kappa shape index (κ1) is 10.2. The molecule has 82 valence electrons. The Labute approximate surface area is 89.9 Å². The predicted molar refractivity (Wildman–Crippen MR) is 59.9 cm³/mol. The molecule has 2 rings (SSSR count). The van der Waals surface area contributed by atoms with Crippen LogP contribution in [0.3, 0.4) is 0 Å². The first-order chi connectivity index (χ1) is 7.38. The average molecular weight is 207 g/mol. The van der Waals surface area contributed by atoms with E-state index >= 15 is 0 Å². The molecule has 0 aliphatic carbocycles. The van der Waals surface area contributed by atoms with Gasteiger partial charge in [0.15, 0.2) is 0 Å². The van der Waals surface area contributed by atoms with E-state index in [1.807, 2.05) is 17.1 Å². The molecule has 0 unspecified atom stereocenters. The van der Waals surface area contributed by atoms with Gasteiger partial charge >= 0.3 is 0 Å². The lowest BCUT2D eigenvalue weighted by atomic mass is 10.2. The Morgan fingerprint density at radius 2 is 2.53 bits per heavy atom. The lowest BCUT2D eigenvalue weighted by Gasteiger charge is -2.13. The monoisotopic (exact) mass is 207 g/mol. The Morgan fingerprint density at radius 1 is 1.60 bits per heavy atom. The molecule has 0 atom stereocenters. The van der Waals surface area contributed by atoms with Crippen molar-refractivity contribution in [1.82, 2.24) is 9.78 Å². The van der Waals surface area contributed by atoms with Crippen molar-refractivity contribution in [1.29, 1.82) is 0 Å². The van der Waals surface area contributed by atoms with Gasteiger partial charge in [0.25, 0.3) is 0 Å². The van der Waals surface area contributed by atoms with Crippen molar-refractivity contribution in [2.24, 2.45) is 0 Å². The van der Waals surface area contributed by atoms with Crippen LogP contribution in [0, 0.1) is 0 Å². The molecule has 0 radical (unpaired) electrons. The SMILES string of the molecule is CCn1cc(NCC2=CCCOC2)cn1. The summed E-state index contributed by atoms with van der Waals surface area (Å²) >= 11 is 0. The summed E-state index contributed by atoms with van der Waals surface area (Å²) in [6.45, 7) is 5.46. The standard InChI is InChI=1S/C11H17N3O/c1-2-14-8-11(7-13-14)12-6-10-4-3-5-15-9-10/h4,7-8,12H,2-3,5-6,9H2,1H3. The van der Waals surface area contributed by atoms with Gasteiger partial charge in [-0.15, -0.1) is 0 Å². The number of anilines is 1. The highest BCUT2D eigenvalue weighted by atomic mass is 16.5. The third-order valence-corrected chi connectivity index (χ3v) is 2.46. The number of aryl methyl sites for hydroxylation is 1. The lowest BCUT2D eigenvalue weighted by molar-refractivity contribution is 0.150. The molecule has 1 aliphatic heterocycles. The lowest BCUT2D eigenvalue weighted by Crippen LogP contribution is -2.13. The highest BCUT2D eigenvalue weighted by molar-refractivity contribution is 5.39. The second-order valence-electron chi connectivity index (χ2n) is 3.64. The molecule has 15 heavy (non-hydrogen) atoms. The smallest absolute Gasteiger partial charge is 0.0729 e. The van der Waals surface area contributed by atoms with E-state index < -0.39 is 0 Å². The van der Waals surface area contributed by atoms with Gasteiger partial charge in [-0.1, -0.05) is 6.08 Å². The van der Waals surface area contributed by atoms with Gasteiger partial charge in [0, 0.05) is 19.3 Å². The van der Waals surface area contributed by atoms with E-state index in [1.54, 1.807) is 0 Å². The molecule has 1 N–H and O–H groups in total. The predicted octanol–water partition coefficient (Wildman–Crippen LogP) is 1.66. The number of nitrogens with one attached hydrogen (secondary N) is 1. The van der Waals surface area contributed by atoms with E-state index in [2.05, 4.69) is 23.4 Å². The topological polar surface area (TPSA) is 39.1 Å². The molecule has 2 heterocycles. The van der Waals surface area contributed by atoms with Crippen molar-refractivity contribution in [2.45, 2.75) is 19.9 Å².